The Morgan fingerprint density at radius 1 is 1.10 bits per heavy atom. The lowest BCUT2D eigenvalue weighted by molar-refractivity contribution is 0.102. The van der Waals surface area contributed by atoms with Gasteiger partial charge in [0.05, 0.1) is 14.2 Å². The number of benzene rings is 1. The molecule has 0 radical (unpaired) electrons. The number of ether oxygens (including phenoxy) is 2. The summed E-state index contributed by atoms with van der Waals surface area (Å²) in [6.45, 7) is 0. The van der Waals surface area contributed by atoms with Crippen molar-refractivity contribution in [2.75, 3.05) is 19.5 Å². The lowest BCUT2D eigenvalue weighted by atomic mass is 10.1. The van der Waals surface area contributed by atoms with Crippen molar-refractivity contribution in [3.8, 4) is 11.5 Å². The number of nitrogens with one attached hydrogen (secondary N) is 1. The molecule has 0 aliphatic heterocycles. The lowest BCUT2D eigenvalue weighted by Gasteiger charge is -2.13. The fraction of sp³-hybridized carbons (Fsp3) is 0.154. The van der Waals surface area contributed by atoms with Crippen LogP contribution in [0.1, 0.15) is 10.4 Å². The largest absolute Gasteiger partial charge is 0.496 e. The van der Waals surface area contributed by atoms with E-state index < -0.39 is 5.91 Å². The number of nitrogens with zero attached hydrogens (tertiary/aromatic N) is 2. The van der Waals surface area contributed by atoms with E-state index in [1.165, 1.54) is 20.5 Å². The van der Waals surface area contributed by atoms with Gasteiger partial charge in [0, 0.05) is 0 Å². The van der Waals surface area contributed by atoms with Crippen molar-refractivity contribution in [3.05, 3.63) is 40.4 Å². The van der Waals surface area contributed by atoms with Gasteiger partial charge in [0.15, 0.2) is 10.3 Å². The van der Waals surface area contributed by atoms with Gasteiger partial charge in [-0.05, 0) is 12.1 Å². The fourth-order valence-electron chi connectivity index (χ4n) is 1.70. The van der Waals surface area contributed by atoms with Crippen molar-refractivity contribution >= 4 is 34.8 Å². The molecule has 0 fully saturated rings. The first-order valence-corrected chi connectivity index (χ1v) is 6.52. The van der Waals surface area contributed by atoms with Crippen LogP contribution in [0.15, 0.2) is 24.5 Å². The van der Waals surface area contributed by atoms with E-state index in [9.17, 15) is 4.79 Å². The fourth-order valence-corrected chi connectivity index (χ4v) is 2.11. The van der Waals surface area contributed by atoms with Gasteiger partial charge in [-0.2, -0.15) is 0 Å². The van der Waals surface area contributed by atoms with Gasteiger partial charge < -0.3 is 14.8 Å². The Balaban J connectivity index is 2.41. The van der Waals surface area contributed by atoms with E-state index in [1.807, 2.05) is 0 Å². The van der Waals surface area contributed by atoms with Crippen LogP contribution in [0.5, 0.6) is 11.5 Å². The Morgan fingerprint density at radius 2 is 1.62 bits per heavy atom. The number of methoxy groups -OCH3 is 2. The quantitative estimate of drug-likeness (QED) is 0.873. The second-order valence-electron chi connectivity index (χ2n) is 3.82. The maximum absolute atomic E-state index is 12.4. The Morgan fingerprint density at radius 3 is 2.10 bits per heavy atom. The number of carbonyl (C=O) groups is 1. The molecule has 2 aromatic rings. The highest BCUT2D eigenvalue weighted by atomic mass is 35.5. The number of aromatic nitrogens is 2. The van der Waals surface area contributed by atoms with Gasteiger partial charge in [0.25, 0.3) is 5.91 Å². The lowest BCUT2D eigenvalue weighted by Crippen LogP contribution is -2.15. The number of rotatable bonds is 4. The van der Waals surface area contributed by atoms with E-state index in [-0.39, 0.29) is 21.6 Å². The predicted octanol–water partition coefficient (Wildman–Crippen LogP) is 3.05. The first-order valence-electron chi connectivity index (χ1n) is 5.76. The number of hydrogen-bond acceptors (Lipinski definition) is 5. The Labute approximate surface area is 131 Å². The molecule has 1 aromatic carbocycles. The second-order valence-corrected chi connectivity index (χ2v) is 4.54. The minimum atomic E-state index is -0.497. The van der Waals surface area contributed by atoms with Gasteiger partial charge >= 0.3 is 0 Å². The molecule has 1 N–H and O–H groups in total. The molecule has 6 nitrogen and oxygen atoms in total. The average molecular weight is 328 g/mol. The van der Waals surface area contributed by atoms with E-state index in [1.54, 1.807) is 18.2 Å². The molecule has 0 spiro atoms. The summed E-state index contributed by atoms with van der Waals surface area (Å²) in [4.78, 5) is 20.0. The zero-order valence-electron chi connectivity index (χ0n) is 11.2. The minimum absolute atomic E-state index is 0.0391. The molecule has 8 heteroatoms. The zero-order chi connectivity index (χ0) is 15.4. The summed E-state index contributed by atoms with van der Waals surface area (Å²) in [5.41, 5.74) is 0.345. The molecule has 21 heavy (non-hydrogen) atoms. The molecular weight excluding hydrogens is 317 g/mol. The van der Waals surface area contributed by atoms with Gasteiger partial charge in [-0.15, -0.1) is 0 Å². The van der Waals surface area contributed by atoms with Crippen LogP contribution >= 0.6 is 23.2 Å². The third-order valence-corrected chi connectivity index (χ3v) is 3.22. The molecular formula is C13H11Cl2N3O3. The van der Waals surface area contributed by atoms with Crippen LogP contribution in [-0.4, -0.2) is 30.1 Å². The standard InChI is InChI=1S/C13H11Cl2N3O3/c1-20-7-4-3-5-8(21-2)9(7)13(19)18-10-11(14)16-6-17-12(10)15/h3-6H,1-2H3,(H,18,19). The molecule has 0 aliphatic carbocycles. The molecule has 0 bridgehead atoms. The molecule has 1 heterocycles. The van der Waals surface area contributed by atoms with Crippen LogP contribution in [0.3, 0.4) is 0 Å². The number of amides is 1. The van der Waals surface area contributed by atoms with Crippen molar-refractivity contribution in [2.24, 2.45) is 0 Å². The molecule has 0 saturated heterocycles. The monoisotopic (exact) mass is 327 g/mol. The summed E-state index contributed by atoms with van der Waals surface area (Å²) in [7, 11) is 2.91. The third-order valence-electron chi connectivity index (χ3n) is 2.65. The summed E-state index contributed by atoms with van der Waals surface area (Å²) >= 11 is 11.8. The zero-order valence-corrected chi connectivity index (χ0v) is 12.7. The summed E-state index contributed by atoms with van der Waals surface area (Å²) < 4.78 is 10.3. The first-order chi connectivity index (χ1) is 10.1. The Kier molecular flexibility index (Phi) is 4.82. The molecule has 1 amide bonds. The van der Waals surface area contributed by atoms with E-state index in [4.69, 9.17) is 32.7 Å². The normalized spacial score (nSPS) is 10.1. The van der Waals surface area contributed by atoms with Crippen LogP contribution in [-0.2, 0) is 0 Å². The number of halogens is 2. The highest BCUT2D eigenvalue weighted by Crippen LogP contribution is 2.31. The number of anilines is 1. The highest BCUT2D eigenvalue weighted by Gasteiger charge is 2.20. The topological polar surface area (TPSA) is 73.3 Å². The number of carbonyl (C=O) groups excluding carboxylic acids is 1. The van der Waals surface area contributed by atoms with Crippen molar-refractivity contribution in [1.29, 1.82) is 0 Å². The van der Waals surface area contributed by atoms with Crippen molar-refractivity contribution in [3.63, 3.8) is 0 Å². The highest BCUT2D eigenvalue weighted by molar-refractivity contribution is 6.38. The summed E-state index contributed by atoms with van der Waals surface area (Å²) in [5.74, 6) is 0.217. The average Bonchev–Trinajstić information content (AvgIpc) is 2.49. The van der Waals surface area contributed by atoms with Crippen LogP contribution in [0.2, 0.25) is 10.3 Å². The molecule has 2 rings (SSSR count). The molecule has 0 atom stereocenters. The maximum atomic E-state index is 12.4. The van der Waals surface area contributed by atoms with Gasteiger partial charge in [-0.3, -0.25) is 4.79 Å². The van der Waals surface area contributed by atoms with Crippen molar-refractivity contribution in [2.45, 2.75) is 0 Å². The van der Waals surface area contributed by atoms with Gasteiger partial charge in [-0.1, -0.05) is 29.3 Å². The van der Waals surface area contributed by atoms with Gasteiger partial charge in [0.2, 0.25) is 0 Å². The van der Waals surface area contributed by atoms with Crippen LogP contribution in [0.4, 0.5) is 5.69 Å². The summed E-state index contributed by atoms with van der Waals surface area (Å²) in [6, 6.07) is 4.99. The SMILES string of the molecule is COc1cccc(OC)c1C(=O)Nc1c(Cl)ncnc1Cl. The maximum Gasteiger partial charge on any atom is 0.263 e. The van der Waals surface area contributed by atoms with Crippen LogP contribution in [0.25, 0.3) is 0 Å². The molecule has 0 aliphatic rings. The van der Waals surface area contributed by atoms with Crippen molar-refractivity contribution in [1.82, 2.24) is 9.97 Å². The molecule has 1 aromatic heterocycles. The molecule has 110 valence electrons. The second kappa shape index (κ2) is 6.60. The Hall–Kier alpha value is -2.05. The van der Waals surface area contributed by atoms with E-state index >= 15 is 0 Å². The first kappa shape index (κ1) is 15.3. The van der Waals surface area contributed by atoms with Gasteiger partial charge in [0.1, 0.15) is 29.1 Å². The predicted molar refractivity (Wildman–Crippen MR) is 79.6 cm³/mol. The molecule has 0 unspecified atom stereocenters. The Bertz CT molecular complexity index is 637. The summed E-state index contributed by atoms with van der Waals surface area (Å²) in [6.07, 6.45) is 1.20. The van der Waals surface area contributed by atoms with Gasteiger partial charge in [-0.25, -0.2) is 9.97 Å². The van der Waals surface area contributed by atoms with Crippen LogP contribution in [0, 0.1) is 0 Å². The van der Waals surface area contributed by atoms with Crippen LogP contribution < -0.4 is 14.8 Å². The number of hydrogen-bond donors (Lipinski definition) is 1. The van der Waals surface area contributed by atoms with E-state index in [0.717, 1.165) is 0 Å². The smallest absolute Gasteiger partial charge is 0.263 e. The summed E-state index contributed by atoms with van der Waals surface area (Å²) in [5, 5.41) is 2.63. The molecule has 0 saturated carbocycles. The minimum Gasteiger partial charge on any atom is -0.496 e. The van der Waals surface area contributed by atoms with E-state index in [2.05, 4.69) is 15.3 Å². The van der Waals surface area contributed by atoms with E-state index in [0.29, 0.717) is 11.5 Å². The third kappa shape index (κ3) is 3.17. The van der Waals surface area contributed by atoms with Crippen molar-refractivity contribution < 1.29 is 14.3 Å².